The van der Waals surface area contributed by atoms with Crippen LogP contribution in [0.15, 0.2) is 30.3 Å². The number of hydrogen-bond donors (Lipinski definition) is 0. The van der Waals surface area contributed by atoms with Crippen LogP contribution in [0.2, 0.25) is 0 Å². The molecule has 0 amide bonds. The highest BCUT2D eigenvalue weighted by Gasteiger charge is 2.30. The summed E-state index contributed by atoms with van der Waals surface area (Å²) in [6, 6.07) is 10.4. The average molecular weight is 233 g/mol. The lowest BCUT2D eigenvalue weighted by Gasteiger charge is -2.36. The molecule has 3 heteroatoms. The Labute approximate surface area is 102 Å². The van der Waals surface area contributed by atoms with Crippen molar-refractivity contribution < 1.29 is 9.63 Å². The topological polar surface area (TPSA) is 29.5 Å². The Kier molecular flexibility index (Phi) is 3.79. The van der Waals surface area contributed by atoms with Crippen LogP contribution < -0.4 is 0 Å². The number of nitrogens with zero attached hydrogens (tertiary/aromatic N) is 1. The van der Waals surface area contributed by atoms with Gasteiger partial charge in [0.25, 0.3) is 0 Å². The Morgan fingerprint density at radius 2 is 2.06 bits per heavy atom. The maximum atomic E-state index is 11.4. The lowest BCUT2D eigenvalue weighted by Crippen LogP contribution is -2.44. The molecule has 0 saturated carbocycles. The molecule has 3 nitrogen and oxygen atoms in total. The number of hydroxylamine groups is 2. The molecule has 0 bridgehead atoms. The molecule has 17 heavy (non-hydrogen) atoms. The zero-order chi connectivity index (χ0) is 12.3. The van der Waals surface area contributed by atoms with Gasteiger partial charge in [0.2, 0.25) is 0 Å². The third-order valence-electron chi connectivity index (χ3n) is 3.18. The molecule has 1 heterocycles. The summed E-state index contributed by atoms with van der Waals surface area (Å²) in [5, 5.41) is 1.84. The highest BCUT2D eigenvalue weighted by atomic mass is 16.7. The van der Waals surface area contributed by atoms with Crippen LogP contribution >= 0.6 is 0 Å². The van der Waals surface area contributed by atoms with Gasteiger partial charge in [0, 0.05) is 12.5 Å². The summed E-state index contributed by atoms with van der Waals surface area (Å²) >= 11 is 0. The van der Waals surface area contributed by atoms with E-state index in [4.69, 9.17) is 4.84 Å². The molecule has 92 valence electrons. The van der Waals surface area contributed by atoms with Crippen LogP contribution in [0, 0.1) is 5.92 Å². The van der Waals surface area contributed by atoms with Crippen molar-refractivity contribution in [2.45, 2.75) is 39.3 Å². The third-order valence-corrected chi connectivity index (χ3v) is 3.18. The summed E-state index contributed by atoms with van der Waals surface area (Å²) < 4.78 is 0. The van der Waals surface area contributed by atoms with E-state index >= 15 is 0 Å². The van der Waals surface area contributed by atoms with Gasteiger partial charge in [0.1, 0.15) is 0 Å². The molecule has 0 radical (unpaired) electrons. The van der Waals surface area contributed by atoms with Gasteiger partial charge < -0.3 is 4.84 Å². The zero-order valence-electron chi connectivity index (χ0n) is 10.4. The van der Waals surface area contributed by atoms with Crippen molar-refractivity contribution >= 4 is 5.97 Å². The molecule has 1 aromatic carbocycles. The van der Waals surface area contributed by atoms with Crippen LogP contribution in [0.25, 0.3) is 0 Å². The zero-order valence-corrected chi connectivity index (χ0v) is 10.4. The molecule has 1 fully saturated rings. The van der Waals surface area contributed by atoms with Crippen LogP contribution in [-0.2, 0) is 16.2 Å². The molecule has 1 saturated heterocycles. The predicted octanol–water partition coefficient (Wildman–Crippen LogP) is 2.77. The first-order valence-electron chi connectivity index (χ1n) is 6.18. The van der Waals surface area contributed by atoms with Gasteiger partial charge in [-0.3, -0.25) is 4.79 Å². The molecule has 1 unspecified atom stereocenters. The number of carbonyl (C=O) groups is 1. The molecule has 0 aliphatic carbocycles. The highest BCUT2D eigenvalue weighted by molar-refractivity contribution is 5.69. The van der Waals surface area contributed by atoms with Crippen molar-refractivity contribution in [1.29, 1.82) is 0 Å². The second-order valence-electron chi connectivity index (χ2n) is 4.87. The minimum absolute atomic E-state index is 0.113. The monoisotopic (exact) mass is 233 g/mol. The minimum atomic E-state index is -0.113. The van der Waals surface area contributed by atoms with E-state index in [1.807, 2.05) is 23.3 Å². The number of hydrogen-bond acceptors (Lipinski definition) is 3. The van der Waals surface area contributed by atoms with Crippen molar-refractivity contribution in [3.05, 3.63) is 35.9 Å². The molecule has 0 spiro atoms. The number of carbonyl (C=O) groups excluding carboxylic acids is 1. The van der Waals surface area contributed by atoms with Crippen LogP contribution in [0.1, 0.15) is 32.3 Å². The predicted molar refractivity (Wildman–Crippen MR) is 65.9 cm³/mol. The van der Waals surface area contributed by atoms with E-state index in [1.54, 1.807) is 0 Å². The van der Waals surface area contributed by atoms with E-state index in [0.29, 0.717) is 24.9 Å². The summed E-state index contributed by atoms with van der Waals surface area (Å²) in [4.78, 5) is 16.7. The Balaban J connectivity index is 2.07. The smallest absolute Gasteiger partial charge is 0.325 e. The minimum Gasteiger partial charge on any atom is -0.367 e. The van der Waals surface area contributed by atoms with Gasteiger partial charge >= 0.3 is 5.97 Å². The largest absolute Gasteiger partial charge is 0.367 e. The van der Waals surface area contributed by atoms with Crippen LogP contribution in [0.4, 0.5) is 0 Å². The van der Waals surface area contributed by atoms with Crippen LogP contribution in [0.5, 0.6) is 0 Å². The molecule has 0 N–H and O–H groups in total. The van der Waals surface area contributed by atoms with E-state index in [1.165, 1.54) is 5.56 Å². The molecule has 1 aliphatic rings. The maximum Gasteiger partial charge on any atom is 0.325 e. The van der Waals surface area contributed by atoms with E-state index < -0.39 is 0 Å². The Bertz CT molecular complexity index is 375. The standard InChI is InChI=1S/C14H19NO2/c1-11(2)13-8-9-14(16)17-15(13)10-12-6-4-3-5-7-12/h3-7,11,13H,8-10H2,1-2H3. The van der Waals surface area contributed by atoms with Crippen molar-refractivity contribution in [2.75, 3.05) is 0 Å². The average Bonchev–Trinajstić information content (AvgIpc) is 2.30. The fourth-order valence-electron chi connectivity index (χ4n) is 2.23. The summed E-state index contributed by atoms with van der Waals surface area (Å²) in [6.07, 6.45) is 1.43. The van der Waals surface area contributed by atoms with Gasteiger partial charge in [-0.25, -0.2) is 0 Å². The fraction of sp³-hybridized carbons (Fsp3) is 0.500. The SMILES string of the molecule is CC(C)C1CCC(=O)ON1Cc1ccccc1. The first kappa shape index (κ1) is 12.1. The van der Waals surface area contributed by atoms with Gasteiger partial charge in [-0.1, -0.05) is 44.2 Å². The summed E-state index contributed by atoms with van der Waals surface area (Å²) in [7, 11) is 0. The quantitative estimate of drug-likeness (QED) is 0.804. The highest BCUT2D eigenvalue weighted by Crippen LogP contribution is 2.24. The van der Waals surface area contributed by atoms with Gasteiger partial charge in [0.05, 0.1) is 6.54 Å². The first-order valence-corrected chi connectivity index (χ1v) is 6.18. The third kappa shape index (κ3) is 3.07. The molecule has 0 aromatic heterocycles. The van der Waals surface area contributed by atoms with Crippen LogP contribution in [-0.4, -0.2) is 17.1 Å². The summed E-state index contributed by atoms with van der Waals surface area (Å²) in [5.41, 5.74) is 1.17. The van der Waals surface area contributed by atoms with Crippen LogP contribution in [0.3, 0.4) is 0 Å². The normalized spacial score (nSPS) is 21.6. The second kappa shape index (κ2) is 5.32. The van der Waals surface area contributed by atoms with Gasteiger partial charge in [-0.05, 0) is 17.9 Å². The Morgan fingerprint density at radius 3 is 2.71 bits per heavy atom. The van der Waals surface area contributed by atoms with Gasteiger partial charge in [-0.15, -0.1) is 5.06 Å². The summed E-state index contributed by atoms with van der Waals surface area (Å²) in [6.45, 7) is 5.01. The molecule has 1 atom stereocenters. The lowest BCUT2D eigenvalue weighted by molar-refractivity contribution is -0.224. The Hall–Kier alpha value is -1.35. The molecular weight excluding hydrogens is 214 g/mol. The molecule has 2 rings (SSSR count). The summed E-state index contributed by atoms with van der Waals surface area (Å²) in [5.74, 6) is 0.379. The number of rotatable bonds is 3. The van der Waals surface area contributed by atoms with Crippen molar-refractivity contribution in [3.63, 3.8) is 0 Å². The molecule has 1 aromatic rings. The second-order valence-corrected chi connectivity index (χ2v) is 4.87. The molecular formula is C14H19NO2. The van der Waals surface area contributed by atoms with E-state index in [9.17, 15) is 4.79 Å². The first-order chi connectivity index (χ1) is 8.16. The van der Waals surface area contributed by atoms with E-state index in [0.717, 1.165) is 6.42 Å². The Morgan fingerprint density at radius 1 is 1.35 bits per heavy atom. The molecule has 1 aliphatic heterocycles. The van der Waals surface area contributed by atoms with Crippen molar-refractivity contribution in [2.24, 2.45) is 5.92 Å². The van der Waals surface area contributed by atoms with Crippen molar-refractivity contribution in [3.8, 4) is 0 Å². The number of benzene rings is 1. The van der Waals surface area contributed by atoms with E-state index in [-0.39, 0.29) is 5.97 Å². The fourth-order valence-corrected chi connectivity index (χ4v) is 2.23. The maximum absolute atomic E-state index is 11.4. The van der Waals surface area contributed by atoms with Crippen molar-refractivity contribution in [1.82, 2.24) is 5.06 Å². The van der Waals surface area contributed by atoms with E-state index in [2.05, 4.69) is 26.0 Å². The lowest BCUT2D eigenvalue weighted by atomic mass is 9.97. The van der Waals surface area contributed by atoms with Gasteiger partial charge in [-0.2, -0.15) is 0 Å². The van der Waals surface area contributed by atoms with Gasteiger partial charge in [0.15, 0.2) is 0 Å².